The van der Waals surface area contributed by atoms with Crippen LogP contribution in [0.25, 0.3) is 0 Å². The van der Waals surface area contributed by atoms with Crippen molar-refractivity contribution in [2.75, 3.05) is 13.1 Å². The number of benzene rings is 1. The molecule has 0 bridgehead atoms. The van der Waals surface area contributed by atoms with Crippen molar-refractivity contribution < 1.29 is 18.0 Å². The van der Waals surface area contributed by atoms with Gasteiger partial charge in [-0.3, -0.25) is 9.69 Å². The number of carbonyl (C=O) groups excluding carboxylic acids is 1. The van der Waals surface area contributed by atoms with E-state index in [1.54, 1.807) is 12.1 Å². The van der Waals surface area contributed by atoms with Crippen molar-refractivity contribution in [2.24, 2.45) is 11.8 Å². The third-order valence-corrected chi connectivity index (χ3v) is 4.98. The van der Waals surface area contributed by atoms with E-state index in [2.05, 4.69) is 16.8 Å². The maximum atomic E-state index is 12.6. The van der Waals surface area contributed by atoms with E-state index in [1.165, 1.54) is 6.08 Å². The van der Waals surface area contributed by atoms with Gasteiger partial charge >= 0.3 is 6.18 Å². The molecule has 3 nitrogen and oxygen atoms in total. The van der Waals surface area contributed by atoms with Crippen LogP contribution >= 0.6 is 0 Å². The molecule has 1 aromatic carbocycles. The molecule has 4 atom stereocenters. The van der Waals surface area contributed by atoms with Gasteiger partial charge in [0.15, 0.2) is 0 Å². The average Bonchev–Trinajstić information content (AvgIpc) is 2.96. The first kappa shape index (κ1) is 16.1. The number of hydrogen-bond acceptors (Lipinski definition) is 2. The minimum absolute atomic E-state index is 0.0702. The number of hydrogen-bond donors (Lipinski definition) is 1. The van der Waals surface area contributed by atoms with Crippen LogP contribution in [0.3, 0.4) is 0 Å². The number of likely N-dealkylation sites (tertiary alicyclic amines) is 1. The Bertz CT molecular complexity index is 599. The quantitative estimate of drug-likeness (QED) is 0.864. The van der Waals surface area contributed by atoms with Crippen molar-refractivity contribution >= 4 is 5.91 Å². The van der Waals surface area contributed by atoms with Crippen LogP contribution in [-0.2, 0) is 11.0 Å². The molecule has 1 N–H and O–H groups in total. The van der Waals surface area contributed by atoms with Crippen LogP contribution in [0.2, 0.25) is 0 Å². The zero-order valence-electron chi connectivity index (χ0n) is 12.8. The number of carbonyl (C=O) groups is 1. The highest BCUT2D eigenvalue weighted by atomic mass is 19.4. The lowest BCUT2D eigenvalue weighted by Crippen LogP contribution is -2.35. The molecule has 6 heteroatoms. The van der Waals surface area contributed by atoms with Gasteiger partial charge < -0.3 is 5.32 Å². The zero-order chi connectivity index (χ0) is 16.8. The normalized spacial score (nSPS) is 28.1. The molecule has 1 aliphatic heterocycles. The molecule has 1 unspecified atom stereocenters. The van der Waals surface area contributed by atoms with E-state index in [1.807, 2.05) is 6.92 Å². The Morgan fingerprint density at radius 2 is 1.87 bits per heavy atom. The molecule has 1 heterocycles. The molecule has 1 saturated heterocycles. The second-order valence-electron chi connectivity index (χ2n) is 6.32. The van der Waals surface area contributed by atoms with E-state index in [4.69, 9.17) is 0 Å². The van der Waals surface area contributed by atoms with Crippen LogP contribution in [0, 0.1) is 11.8 Å². The van der Waals surface area contributed by atoms with Crippen molar-refractivity contribution in [1.29, 1.82) is 0 Å². The van der Waals surface area contributed by atoms with E-state index in [0.717, 1.165) is 30.8 Å². The number of fused-ring (bicyclic) bond motifs is 1. The summed E-state index contributed by atoms with van der Waals surface area (Å²) in [6, 6.07) is 5.66. The number of rotatable bonds is 4. The van der Waals surface area contributed by atoms with E-state index < -0.39 is 11.7 Å². The van der Waals surface area contributed by atoms with Gasteiger partial charge in [0.1, 0.15) is 0 Å². The van der Waals surface area contributed by atoms with Crippen LogP contribution < -0.4 is 5.32 Å². The highest BCUT2D eigenvalue weighted by Crippen LogP contribution is 2.47. The fraction of sp³-hybridized carbons (Fsp3) is 0.471. The summed E-state index contributed by atoms with van der Waals surface area (Å²) in [6.45, 7) is 7.16. The van der Waals surface area contributed by atoms with Crippen LogP contribution in [0.1, 0.15) is 24.1 Å². The third-order valence-electron chi connectivity index (χ3n) is 4.98. The lowest BCUT2D eigenvalue weighted by Gasteiger charge is -2.27. The molecule has 1 aromatic rings. The monoisotopic (exact) mass is 324 g/mol. The fourth-order valence-corrected chi connectivity index (χ4v) is 3.47. The van der Waals surface area contributed by atoms with E-state index in [9.17, 15) is 18.0 Å². The molecule has 124 valence electrons. The Labute approximate surface area is 133 Å². The summed E-state index contributed by atoms with van der Waals surface area (Å²) >= 11 is 0. The third kappa shape index (κ3) is 3.13. The van der Waals surface area contributed by atoms with E-state index in [0.29, 0.717) is 11.8 Å². The number of nitrogens with one attached hydrogen (secondary N) is 1. The number of nitrogens with zero attached hydrogens (tertiary/aromatic N) is 1. The van der Waals surface area contributed by atoms with Gasteiger partial charge in [-0.2, -0.15) is 13.2 Å². The van der Waals surface area contributed by atoms with Gasteiger partial charge in [-0.05, 0) is 42.5 Å². The van der Waals surface area contributed by atoms with Crippen molar-refractivity contribution in [1.82, 2.24) is 10.2 Å². The minimum atomic E-state index is -4.30. The smallest absolute Gasteiger partial charge is 0.349 e. The molecule has 23 heavy (non-hydrogen) atoms. The fourth-order valence-electron chi connectivity index (χ4n) is 3.47. The van der Waals surface area contributed by atoms with Crippen molar-refractivity contribution in [2.45, 2.75) is 25.2 Å². The first-order valence-corrected chi connectivity index (χ1v) is 7.65. The van der Waals surface area contributed by atoms with Crippen molar-refractivity contribution in [3.05, 3.63) is 48.0 Å². The molecule has 1 saturated carbocycles. The Hall–Kier alpha value is -1.82. The molecular formula is C17H19F3N2O. The van der Waals surface area contributed by atoms with Crippen LogP contribution in [0.5, 0.6) is 0 Å². The van der Waals surface area contributed by atoms with E-state index in [-0.39, 0.29) is 18.0 Å². The van der Waals surface area contributed by atoms with Gasteiger partial charge in [0.25, 0.3) is 0 Å². The Kier molecular flexibility index (Phi) is 3.96. The van der Waals surface area contributed by atoms with Gasteiger partial charge in [-0.1, -0.05) is 18.7 Å². The predicted octanol–water partition coefficient (Wildman–Crippen LogP) is 3.00. The summed E-state index contributed by atoms with van der Waals surface area (Å²) in [7, 11) is 0. The number of alkyl halides is 3. The van der Waals surface area contributed by atoms with Crippen LogP contribution in [0.15, 0.2) is 36.9 Å². The second-order valence-corrected chi connectivity index (χ2v) is 6.32. The number of amides is 1. The first-order chi connectivity index (χ1) is 10.8. The van der Waals surface area contributed by atoms with Gasteiger partial charge in [-0.15, -0.1) is 0 Å². The highest BCUT2D eigenvalue weighted by Gasteiger charge is 2.56. The summed E-state index contributed by atoms with van der Waals surface area (Å²) in [5.74, 6) is 0.735. The van der Waals surface area contributed by atoms with Crippen molar-refractivity contribution in [3.63, 3.8) is 0 Å². The zero-order valence-corrected chi connectivity index (χ0v) is 12.8. The second kappa shape index (κ2) is 5.67. The molecule has 3 rings (SSSR count). The van der Waals surface area contributed by atoms with Gasteiger partial charge in [0.05, 0.1) is 5.56 Å². The maximum absolute atomic E-state index is 12.6. The average molecular weight is 324 g/mol. The topological polar surface area (TPSA) is 32.3 Å². The largest absolute Gasteiger partial charge is 0.416 e. The summed E-state index contributed by atoms with van der Waals surface area (Å²) < 4.78 is 37.8. The van der Waals surface area contributed by atoms with Gasteiger partial charge in [0.2, 0.25) is 5.91 Å². The Morgan fingerprint density at radius 3 is 2.35 bits per heavy atom. The lowest BCUT2D eigenvalue weighted by atomic mass is 10.0. The van der Waals surface area contributed by atoms with Gasteiger partial charge in [0, 0.05) is 25.2 Å². The molecular weight excluding hydrogens is 305 g/mol. The highest BCUT2D eigenvalue weighted by molar-refractivity contribution is 5.87. The maximum Gasteiger partial charge on any atom is 0.416 e. The SMILES string of the molecule is C=CC(=O)N[C@H]1[C@@H]2CN(C(C)c3ccc(C(F)(F)F)cc3)C[C@@H]21. The number of halogens is 3. The Morgan fingerprint density at radius 1 is 1.30 bits per heavy atom. The predicted molar refractivity (Wildman–Crippen MR) is 80.5 cm³/mol. The summed E-state index contributed by atoms with van der Waals surface area (Å²) in [4.78, 5) is 13.6. The molecule has 0 spiro atoms. The number of piperidine rings is 1. The molecule has 0 radical (unpaired) electrons. The standard InChI is InChI=1S/C17H19F3N2O/c1-3-15(23)21-16-13-8-22(9-14(13)16)10(2)11-4-6-12(7-5-11)17(18,19)20/h3-7,10,13-14,16H,1,8-9H2,2H3,(H,21,23)/t10?,13-,14+,16+. The van der Waals surface area contributed by atoms with Gasteiger partial charge in [-0.25, -0.2) is 0 Å². The van der Waals surface area contributed by atoms with Crippen LogP contribution in [-0.4, -0.2) is 29.9 Å². The lowest BCUT2D eigenvalue weighted by molar-refractivity contribution is -0.137. The molecule has 0 aromatic heterocycles. The summed E-state index contributed by atoms with van der Waals surface area (Å²) in [5.41, 5.74) is 0.260. The van der Waals surface area contributed by atoms with Crippen LogP contribution in [0.4, 0.5) is 13.2 Å². The minimum Gasteiger partial charge on any atom is -0.349 e. The molecule has 2 aliphatic rings. The Balaban J connectivity index is 1.58. The van der Waals surface area contributed by atoms with Crippen molar-refractivity contribution in [3.8, 4) is 0 Å². The summed E-state index contributed by atoms with van der Waals surface area (Å²) in [6.07, 6.45) is -3.02. The van der Waals surface area contributed by atoms with E-state index >= 15 is 0 Å². The molecule has 1 amide bonds. The first-order valence-electron chi connectivity index (χ1n) is 7.65. The summed E-state index contributed by atoms with van der Waals surface area (Å²) in [5, 5.41) is 2.92. The molecule has 1 aliphatic carbocycles. The molecule has 2 fully saturated rings.